The number of nitrogens with zero attached hydrogens (tertiary/aromatic N) is 2. The summed E-state index contributed by atoms with van der Waals surface area (Å²) >= 11 is 0. The van der Waals surface area contributed by atoms with Gasteiger partial charge in [0.2, 0.25) is 0 Å². The lowest BCUT2D eigenvalue weighted by atomic mass is 9.96. The van der Waals surface area contributed by atoms with E-state index in [2.05, 4.69) is 24.3 Å². The van der Waals surface area contributed by atoms with Gasteiger partial charge in [-0.15, -0.1) is 0 Å². The van der Waals surface area contributed by atoms with Crippen molar-refractivity contribution in [3.63, 3.8) is 0 Å². The minimum atomic E-state index is -0.743. The van der Waals surface area contributed by atoms with Crippen molar-refractivity contribution in [2.24, 2.45) is 5.92 Å². The number of nitrogens with one attached hydrogen (secondary N) is 1. The summed E-state index contributed by atoms with van der Waals surface area (Å²) in [5.41, 5.74) is 0.0923. The number of carbonyl (C=O) groups is 2. The maximum atomic E-state index is 12.2. The van der Waals surface area contributed by atoms with Crippen molar-refractivity contribution >= 4 is 12.0 Å². The van der Waals surface area contributed by atoms with E-state index in [0.29, 0.717) is 32.5 Å². The van der Waals surface area contributed by atoms with Crippen LogP contribution >= 0.6 is 0 Å². The predicted octanol–water partition coefficient (Wildman–Crippen LogP) is 1.37. The van der Waals surface area contributed by atoms with Crippen LogP contribution < -0.4 is 5.32 Å². The van der Waals surface area contributed by atoms with E-state index in [1.807, 2.05) is 0 Å². The Morgan fingerprint density at radius 2 is 1.81 bits per heavy atom. The van der Waals surface area contributed by atoms with Crippen LogP contribution in [-0.4, -0.2) is 66.2 Å². The number of urea groups is 1. The fourth-order valence-electron chi connectivity index (χ4n) is 3.50. The van der Waals surface area contributed by atoms with Gasteiger partial charge >= 0.3 is 12.0 Å². The average molecular weight is 297 g/mol. The van der Waals surface area contributed by atoms with Crippen LogP contribution in [-0.2, 0) is 4.79 Å². The minimum absolute atomic E-state index is 0.0491. The van der Waals surface area contributed by atoms with Crippen LogP contribution in [0.4, 0.5) is 4.79 Å². The van der Waals surface area contributed by atoms with E-state index in [1.54, 1.807) is 4.90 Å². The van der Waals surface area contributed by atoms with E-state index in [9.17, 15) is 9.59 Å². The molecule has 0 aromatic heterocycles. The quantitative estimate of drug-likeness (QED) is 0.822. The highest BCUT2D eigenvalue weighted by atomic mass is 16.4. The lowest BCUT2D eigenvalue weighted by Crippen LogP contribution is -2.54. The molecule has 120 valence electrons. The highest BCUT2D eigenvalue weighted by Gasteiger charge is 2.36. The zero-order valence-electron chi connectivity index (χ0n) is 13.1. The smallest absolute Gasteiger partial charge is 0.317 e. The summed E-state index contributed by atoms with van der Waals surface area (Å²) in [5, 5.41) is 12.0. The van der Waals surface area contributed by atoms with Crippen LogP contribution in [0.25, 0.3) is 0 Å². The molecule has 2 aliphatic rings. The molecule has 1 aliphatic heterocycles. The fraction of sp³-hybridized carbons (Fsp3) is 0.867. The number of amides is 2. The number of hydrogen-bond donors (Lipinski definition) is 2. The van der Waals surface area contributed by atoms with Gasteiger partial charge in [-0.3, -0.25) is 4.79 Å². The normalized spacial score (nSPS) is 22.5. The number of hydrogen-bond acceptors (Lipinski definition) is 3. The van der Waals surface area contributed by atoms with Gasteiger partial charge in [0.05, 0.1) is 5.92 Å². The lowest BCUT2D eigenvalue weighted by molar-refractivity contribution is -0.143. The Labute approximate surface area is 126 Å². The number of likely N-dealkylation sites (N-methyl/N-ethyl adjacent to an activating group) is 1. The molecule has 2 amide bonds. The first-order valence-electron chi connectivity index (χ1n) is 7.88. The van der Waals surface area contributed by atoms with E-state index in [1.165, 1.54) is 12.8 Å². The van der Waals surface area contributed by atoms with Crippen LogP contribution in [0.15, 0.2) is 0 Å². The number of rotatable bonds is 4. The fourth-order valence-corrected chi connectivity index (χ4v) is 3.50. The minimum Gasteiger partial charge on any atom is -0.481 e. The molecule has 1 aliphatic carbocycles. The molecule has 0 spiro atoms. The van der Waals surface area contributed by atoms with Gasteiger partial charge in [-0.2, -0.15) is 0 Å². The SMILES string of the molecule is CN(C)C1(CNC(=O)N2CCC(C(=O)O)CC2)CCCC1. The van der Waals surface area contributed by atoms with Crippen LogP contribution in [0.1, 0.15) is 38.5 Å². The molecule has 2 N–H and O–H groups in total. The first-order chi connectivity index (χ1) is 9.94. The second-order valence-electron chi connectivity index (χ2n) is 6.58. The van der Waals surface area contributed by atoms with Crippen LogP contribution in [0, 0.1) is 5.92 Å². The highest BCUT2D eigenvalue weighted by Crippen LogP contribution is 2.33. The lowest BCUT2D eigenvalue weighted by Gasteiger charge is -2.38. The first kappa shape index (κ1) is 16.1. The standard InChI is InChI=1S/C15H27N3O3/c1-17(2)15(7-3-4-8-15)11-16-14(21)18-9-5-12(6-10-18)13(19)20/h12H,3-11H2,1-2H3,(H,16,21)(H,19,20). The van der Waals surface area contributed by atoms with Gasteiger partial charge in [0.1, 0.15) is 0 Å². The van der Waals surface area contributed by atoms with E-state index in [-0.39, 0.29) is 17.5 Å². The summed E-state index contributed by atoms with van der Waals surface area (Å²) in [7, 11) is 4.16. The number of likely N-dealkylation sites (tertiary alicyclic amines) is 1. The van der Waals surface area contributed by atoms with Gasteiger partial charge in [0.15, 0.2) is 0 Å². The Bertz CT molecular complexity index is 384. The van der Waals surface area contributed by atoms with Gasteiger partial charge in [-0.25, -0.2) is 4.79 Å². The molecule has 0 aromatic carbocycles. The van der Waals surface area contributed by atoms with Gasteiger partial charge in [0.25, 0.3) is 0 Å². The molecule has 0 radical (unpaired) electrons. The summed E-state index contributed by atoms with van der Waals surface area (Å²) in [6, 6.07) is -0.0491. The zero-order valence-corrected chi connectivity index (χ0v) is 13.1. The van der Waals surface area contributed by atoms with Crippen molar-refractivity contribution < 1.29 is 14.7 Å². The van der Waals surface area contributed by atoms with Crippen LogP contribution in [0.2, 0.25) is 0 Å². The second kappa shape index (κ2) is 6.64. The van der Waals surface area contributed by atoms with E-state index in [0.717, 1.165) is 12.8 Å². The Kier molecular flexibility index (Phi) is 5.08. The maximum absolute atomic E-state index is 12.2. The molecule has 2 rings (SSSR count). The van der Waals surface area contributed by atoms with E-state index < -0.39 is 5.97 Å². The van der Waals surface area contributed by atoms with E-state index in [4.69, 9.17) is 5.11 Å². The zero-order chi connectivity index (χ0) is 15.5. The van der Waals surface area contributed by atoms with E-state index >= 15 is 0 Å². The molecule has 6 nitrogen and oxygen atoms in total. The summed E-state index contributed by atoms with van der Waals surface area (Å²) in [4.78, 5) is 27.1. The van der Waals surface area contributed by atoms with Gasteiger partial charge in [0, 0.05) is 25.2 Å². The number of aliphatic carboxylic acids is 1. The molecule has 0 aromatic rings. The van der Waals surface area contributed by atoms with Gasteiger partial charge < -0.3 is 20.2 Å². The molecular formula is C15H27N3O3. The van der Waals surface area contributed by atoms with Gasteiger partial charge in [-0.05, 0) is 39.8 Å². The first-order valence-corrected chi connectivity index (χ1v) is 7.88. The third-order valence-electron chi connectivity index (χ3n) is 5.18. The van der Waals surface area contributed by atoms with Crippen LogP contribution in [0.5, 0.6) is 0 Å². The summed E-state index contributed by atoms with van der Waals surface area (Å²) in [5.74, 6) is -1.04. The van der Waals surface area contributed by atoms with Crippen molar-refractivity contribution in [2.45, 2.75) is 44.1 Å². The number of carboxylic acids is 1. The topological polar surface area (TPSA) is 72.9 Å². The third-order valence-corrected chi connectivity index (χ3v) is 5.18. The Morgan fingerprint density at radius 1 is 1.24 bits per heavy atom. The van der Waals surface area contributed by atoms with Crippen molar-refractivity contribution in [2.75, 3.05) is 33.7 Å². The molecule has 0 bridgehead atoms. The molecule has 1 heterocycles. The Balaban J connectivity index is 1.81. The molecule has 0 atom stereocenters. The Hall–Kier alpha value is -1.30. The largest absolute Gasteiger partial charge is 0.481 e. The van der Waals surface area contributed by atoms with Crippen molar-refractivity contribution in [3.8, 4) is 0 Å². The molecule has 2 fully saturated rings. The Morgan fingerprint density at radius 3 is 2.29 bits per heavy atom. The van der Waals surface area contributed by atoms with Crippen molar-refractivity contribution in [1.82, 2.24) is 15.1 Å². The predicted molar refractivity (Wildman–Crippen MR) is 80.2 cm³/mol. The molecule has 0 unspecified atom stereocenters. The third kappa shape index (κ3) is 3.67. The monoisotopic (exact) mass is 297 g/mol. The van der Waals surface area contributed by atoms with Crippen LogP contribution in [0.3, 0.4) is 0 Å². The van der Waals surface area contributed by atoms with Gasteiger partial charge in [-0.1, -0.05) is 12.8 Å². The molecule has 21 heavy (non-hydrogen) atoms. The number of carbonyl (C=O) groups excluding carboxylic acids is 1. The molecule has 1 saturated carbocycles. The number of carboxylic acid groups (broad SMARTS) is 1. The maximum Gasteiger partial charge on any atom is 0.317 e. The summed E-state index contributed by atoms with van der Waals surface area (Å²) < 4.78 is 0. The molecule has 1 saturated heterocycles. The average Bonchev–Trinajstić information content (AvgIpc) is 2.95. The van der Waals surface area contributed by atoms with Crippen molar-refractivity contribution in [1.29, 1.82) is 0 Å². The summed E-state index contributed by atoms with van der Waals surface area (Å²) in [6.45, 7) is 1.76. The number of piperidine rings is 1. The molecule has 6 heteroatoms. The highest BCUT2D eigenvalue weighted by molar-refractivity contribution is 5.75. The summed E-state index contributed by atoms with van der Waals surface area (Å²) in [6.07, 6.45) is 5.81. The molecular weight excluding hydrogens is 270 g/mol. The van der Waals surface area contributed by atoms with Crippen molar-refractivity contribution in [3.05, 3.63) is 0 Å². The second-order valence-corrected chi connectivity index (χ2v) is 6.58.